The van der Waals surface area contributed by atoms with Gasteiger partial charge in [-0.3, -0.25) is 4.79 Å². The molecular formula is C23H32O3. The second-order valence-corrected chi connectivity index (χ2v) is 6.77. The maximum Gasteiger partial charge on any atom is 0.293 e. The molecule has 0 heterocycles. The SMILES string of the molecule is C=C/C(=C\C(=C)C)C(CC)(CC)c1ccc(OCC(C)OC=O)c(C)c1. The molecule has 1 rings (SSSR count). The van der Waals surface area contributed by atoms with Gasteiger partial charge in [-0.2, -0.15) is 0 Å². The molecule has 0 fully saturated rings. The van der Waals surface area contributed by atoms with Gasteiger partial charge >= 0.3 is 0 Å². The predicted molar refractivity (Wildman–Crippen MR) is 109 cm³/mol. The monoisotopic (exact) mass is 356 g/mol. The Balaban J connectivity index is 3.22. The maximum atomic E-state index is 10.4. The molecule has 3 heteroatoms. The van der Waals surface area contributed by atoms with Crippen molar-refractivity contribution >= 4 is 6.47 Å². The van der Waals surface area contributed by atoms with Crippen LogP contribution in [0.4, 0.5) is 0 Å². The Bertz CT molecular complexity index is 666. The number of benzene rings is 1. The molecule has 0 radical (unpaired) electrons. The van der Waals surface area contributed by atoms with Gasteiger partial charge < -0.3 is 9.47 Å². The van der Waals surface area contributed by atoms with Gasteiger partial charge in [0.25, 0.3) is 6.47 Å². The van der Waals surface area contributed by atoms with Gasteiger partial charge in [-0.25, -0.2) is 0 Å². The normalized spacial score (nSPS) is 13.0. The van der Waals surface area contributed by atoms with Crippen molar-refractivity contribution < 1.29 is 14.3 Å². The first-order valence-corrected chi connectivity index (χ1v) is 9.17. The summed E-state index contributed by atoms with van der Waals surface area (Å²) in [5.74, 6) is 0.806. The van der Waals surface area contributed by atoms with Gasteiger partial charge in [0.15, 0.2) is 0 Å². The van der Waals surface area contributed by atoms with Crippen molar-refractivity contribution in [2.75, 3.05) is 6.61 Å². The number of allylic oxidation sites excluding steroid dienone is 4. The molecule has 1 atom stereocenters. The van der Waals surface area contributed by atoms with Crippen LogP contribution in [-0.2, 0) is 14.9 Å². The summed E-state index contributed by atoms with van der Waals surface area (Å²) >= 11 is 0. The number of hydrogen-bond acceptors (Lipinski definition) is 3. The zero-order valence-electron chi connectivity index (χ0n) is 16.8. The number of carbonyl (C=O) groups is 1. The smallest absolute Gasteiger partial charge is 0.293 e. The average molecular weight is 357 g/mol. The molecule has 0 aromatic heterocycles. The summed E-state index contributed by atoms with van der Waals surface area (Å²) < 4.78 is 10.7. The van der Waals surface area contributed by atoms with Crippen molar-refractivity contribution in [3.63, 3.8) is 0 Å². The highest BCUT2D eigenvalue weighted by atomic mass is 16.6. The third-order valence-corrected chi connectivity index (χ3v) is 4.87. The minimum atomic E-state index is -0.275. The lowest BCUT2D eigenvalue weighted by molar-refractivity contribution is -0.134. The summed E-state index contributed by atoms with van der Waals surface area (Å²) in [7, 11) is 0. The Labute approximate surface area is 158 Å². The van der Waals surface area contributed by atoms with Crippen molar-refractivity contribution in [1.29, 1.82) is 0 Å². The highest BCUT2D eigenvalue weighted by Crippen LogP contribution is 2.41. The quantitative estimate of drug-likeness (QED) is 0.378. The first-order valence-electron chi connectivity index (χ1n) is 9.17. The van der Waals surface area contributed by atoms with Gasteiger partial charge in [0, 0.05) is 5.41 Å². The van der Waals surface area contributed by atoms with E-state index in [0.717, 1.165) is 29.7 Å². The highest BCUT2D eigenvalue weighted by molar-refractivity contribution is 5.47. The van der Waals surface area contributed by atoms with Crippen LogP contribution in [0.2, 0.25) is 0 Å². The first-order chi connectivity index (χ1) is 12.3. The van der Waals surface area contributed by atoms with E-state index in [1.54, 1.807) is 6.92 Å². The van der Waals surface area contributed by atoms with Crippen LogP contribution in [0, 0.1) is 6.92 Å². The molecule has 1 aromatic rings. The average Bonchev–Trinajstić information content (AvgIpc) is 2.61. The third kappa shape index (κ3) is 5.10. The standard InChI is InChI=1S/C23H32O3/c1-8-20(13-17(4)5)23(9-2,10-3)21-11-12-22(18(6)14-21)25-15-19(7)26-16-24/h8,11-14,16,19H,1,4,9-10,15H2,2-3,5-7H3/b20-13+. The Morgan fingerprint density at radius 2 is 1.96 bits per heavy atom. The Kier molecular flexibility index (Phi) is 8.37. The summed E-state index contributed by atoms with van der Waals surface area (Å²) in [4.78, 5) is 10.4. The van der Waals surface area contributed by atoms with E-state index in [9.17, 15) is 4.79 Å². The highest BCUT2D eigenvalue weighted by Gasteiger charge is 2.31. The molecule has 0 N–H and O–H groups in total. The second kappa shape index (κ2) is 10.0. The number of ether oxygens (including phenoxy) is 2. The topological polar surface area (TPSA) is 35.5 Å². The van der Waals surface area contributed by atoms with Crippen molar-refractivity contribution in [2.45, 2.75) is 59.0 Å². The molecule has 0 aliphatic rings. The van der Waals surface area contributed by atoms with E-state index in [2.05, 4.69) is 45.2 Å². The van der Waals surface area contributed by atoms with Gasteiger partial charge in [-0.1, -0.05) is 56.9 Å². The van der Waals surface area contributed by atoms with E-state index >= 15 is 0 Å². The summed E-state index contributed by atoms with van der Waals surface area (Å²) in [5, 5.41) is 0. The zero-order chi connectivity index (χ0) is 19.7. The molecule has 0 saturated carbocycles. The van der Waals surface area contributed by atoms with Crippen LogP contribution in [0.5, 0.6) is 5.75 Å². The first kappa shape index (κ1) is 21.8. The van der Waals surface area contributed by atoms with E-state index in [1.165, 1.54) is 11.1 Å². The van der Waals surface area contributed by atoms with E-state index in [1.807, 2.05) is 26.0 Å². The van der Waals surface area contributed by atoms with Crippen molar-refractivity contribution in [3.05, 3.63) is 65.8 Å². The molecule has 1 aromatic carbocycles. The number of aryl methyl sites for hydroxylation is 1. The van der Waals surface area contributed by atoms with Crippen LogP contribution < -0.4 is 4.74 Å². The molecule has 0 amide bonds. The minimum absolute atomic E-state index is 0.0993. The maximum absolute atomic E-state index is 10.4. The fourth-order valence-corrected chi connectivity index (χ4v) is 3.34. The molecule has 0 bridgehead atoms. The summed E-state index contributed by atoms with van der Waals surface area (Å²) in [6, 6.07) is 6.31. The van der Waals surface area contributed by atoms with Gasteiger partial charge in [0.1, 0.15) is 18.5 Å². The predicted octanol–water partition coefficient (Wildman–Crippen LogP) is 5.68. The largest absolute Gasteiger partial charge is 0.489 e. The third-order valence-electron chi connectivity index (χ3n) is 4.87. The second-order valence-electron chi connectivity index (χ2n) is 6.77. The van der Waals surface area contributed by atoms with Gasteiger partial charge in [-0.05, 0) is 56.4 Å². The van der Waals surface area contributed by atoms with Gasteiger partial charge in [-0.15, -0.1) is 0 Å². The number of rotatable bonds is 11. The van der Waals surface area contributed by atoms with Crippen LogP contribution in [0.25, 0.3) is 0 Å². The van der Waals surface area contributed by atoms with Crippen LogP contribution in [0.3, 0.4) is 0 Å². The van der Waals surface area contributed by atoms with Crippen LogP contribution >= 0.6 is 0 Å². The molecule has 3 nitrogen and oxygen atoms in total. The summed E-state index contributed by atoms with van der Waals surface area (Å²) in [6.07, 6.45) is 5.73. The van der Waals surface area contributed by atoms with Crippen LogP contribution in [0.1, 0.15) is 51.7 Å². The summed E-state index contributed by atoms with van der Waals surface area (Å²) in [5.41, 5.74) is 4.42. The van der Waals surface area contributed by atoms with E-state index in [0.29, 0.717) is 13.1 Å². The zero-order valence-corrected chi connectivity index (χ0v) is 16.8. The number of carbonyl (C=O) groups excluding carboxylic acids is 1. The summed E-state index contributed by atoms with van der Waals surface area (Å²) in [6.45, 7) is 19.1. The molecular weight excluding hydrogens is 324 g/mol. The Hall–Kier alpha value is -2.29. The number of hydrogen-bond donors (Lipinski definition) is 0. The molecule has 0 saturated heterocycles. The van der Waals surface area contributed by atoms with E-state index in [-0.39, 0.29) is 11.5 Å². The van der Waals surface area contributed by atoms with Crippen molar-refractivity contribution in [3.8, 4) is 5.75 Å². The molecule has 142 valence electrons. The van der Waals surface area contributed by atoms with Gasteiger partial charge in [0.05, 0.1) is 0 Å². The lowest BCUT2D eigenvalue weighted by atomic mass is 9.69. The lowest BCUT2D eigenvalue weighted by Crippen LogP contribution is -2.27. The van der Waals surface area contributed by atoms with Crippen LogP contribution in [-0.4, -0.2) is 19.2 Å². The minimum Gasteiger partial charge on any atom is -0.489 e. The molecule has 26 heavy (non-hydrogen) atoms. The van der Waals surface area contributed by atoms with Crippen molar-refractivity contribution in [1.82, 2.24) is 0 Å². The van der Waals surface area contributed by atoms with E-state index in [4.69, 9.17) is 9.47 Å². The molecule has 0 aliphatic carbocycles. The Morgan fingerprint density at radius 3 is 2.42 bits per heavy atom. The van der Waals surface area contributed by atoms with E-state index < -0.39 is 0 Å². The molecule has 0 aliphatic heterocycles. The van der Waals surface area contributed by atoms with Crippen molar-refractivity contribution in [2.24, 2.45) is 0 Å². The molecule has 1 unspecified atom stereocenters. The van der Waals surface area contributed by atoms with Gasteiger partial charge in [0.2, 0.25) is 0 Å². The Morgan fingerprint density at radius 1 is 1.31 bits per heavy atom. The van der Waals surface area contributed by atoms with Crippen LogP contribution in [0.15, 0.2) is 54.7 Å². The fraction of sp³-hybridized carbons (Fsp3) is 0.435. The molecule has 0 spiro atoms. The lowest BCUT2D eigenvalue weighted by Gasteiger charge is -2.35. The fourth-order valence-electron chi connectivity index (χ4n) is 3.34.